The predicted molar refractivity (Wildman–Crippen MR) is 237 cm³/mol. The number of amidine groups is 1. The highest BCUT2D eigenvalue weighted by Gasteiger charge is 2.42. The number of nitrogens with zero attached hydrogens (tertiary/aromatic N) is 2. The topological polar surface area (TPSA) is 3.01 Å². The van der Waals surface area contributed by atoms with Gasteiger partial charge in [0.25, 0.3) is 0 Å². The SMILES string of the molecule is CCCCCCCCCCCCCC[N+]1(CCCCCCCCCCCCC)C=C[N+](CCCCCCCCCC)=C1CCCCCCCCCC. The molecule has 2 nitrogen and oxygen atoms in total. The molecule has 1 rings (SSSR count). The Bertz CT molecular complexity index is 783. The molecule has 308 valence electrons. The van der Waals surface area contributed by atoms with E-state index in [0.717, 1.165) is 0 Å². The van der Waals surface area contributed by atoms with Gasteiger partial charge in [0, 0.05) is 6.42 Å². The van der Waals surface area contributed by atoms with E-state index in [-0.39, 0.29) is 0 Å². The molecule has 0 N–H and O–H groups in total. The van der Waals surface area contributed by atoms with Crippen LogP contribution in [0.15, 0.2) is 12.4 Å². The quantitative estimate of drug-likeness (QED) is 0.0334. The van der Waals surface area contributed by atoms with Gasteiger partial charge < -0.3 is 0 Å². The van der Waals surface area contributed by atoms with E-state index in [1.807, 2.05) is 0 Å². The van der Waals surface area contributed by atoms with Crippen LogP contribution in [0.3, 0.4) is 0 Å². The van der Waals surface area contributed by atoms with Crippen molar-refractivity contribution in [1.29, 1.82) is 0 Å². The third kappa shape index (κ3) is 27.9. The Morgan fingerprint density at radius 1 is 0.327 bits per heavy atom. The lowest BCUT2D eigenvalue weighted by atomic mass is 10.0. The minimum atomic E-state index is 1.21. The van der Waals surface area contributed by atoms with E-state index in [9.17, 15) is 0 Å². The molecule has 0 aromatic heterocycles. The Kier molecular flexibility index (Phi) is 36.7. The van der Waals surface area contributed by atoms with Crippen LogP contribution in [0, 0.1) is 0 Å². The summed E-state index contributed by atoms with van der Waals surface area (Å²) in [5.74, 6) is 1.80. The fourth-order valence-corrected chi connectivity index (χ4v) is 8.85. The van der Waals surface area contributed by atoms with E-state index in [4.69, 9.17) is 0 Å². The van der Waals surface area contributed by atoms with Crippen molar-refractivity contribution < 1.29 is 9.06 Å². The minimum absolute atomic E-state index is 1.21. The molecule has 1 aliphatic heterocycles. The van der Waals surface area contributed by atoms with Crippen molar-refractivity contribution in [2.45, 2.75) is 285 Å². The first-order valence-corrected chi connectivity index (χ1v) is 24.9. The monoisotopic (exact) mass is 729 g/mol. The second-order valence-corrected chi connectivity index (χ2v) is 17.5. The van der Waals surface area contributed by atoms with Gasteiger partial charge in [0.2, 0.25) is 6.20 Å². The van der Waals surface area contributed by atoms with E-state index >= 15 is 0 Å². The molecule has 0 radical (unpaired) electrons. The number of rotatable bonds is 43. The van der Waals surface area contributed by atoms with Crippen LogP contribution in [0.25, 0.3) is 0 Å². The summed E-state index contributed by atoms with van der Waals surface area (Å²) in [6, 6.07) is 0. The summed E-state index contributed by atoms with van der Waals surface area (Å²) >= 11 is 0. The van der Waals surface area contributed by atoms with E-state index in [1.165, 1.54) is 281 Å². The molecular weight excluding hydrogens is 629 g/mol. The summed E-state index contributed by atoms with van der Waals surface area (Å²) in [6.45, 7) is 13.3. The zero-order valence-electron chi connectivity index (χ0n) is 37.0. The van der Waals surface area contributed by atoms with Gasteiger partial charge >= 0.3 is 5.84 Å². The molecule has 0 aromatic rings. The van der Waals surface area contributed by atoms with Gasteiger partial charge in [0.05, 0.1) is 19.5 Å². The van der Waals surface area contributed by atoms with Crippen molar-refractivity contribution in [1.82, 2.24) is 0 Å². The summed E-state index contributed by atoms with van der Waals surface area (Å²) in [5, 5.41) is 0. The summed E-state index contributed by atoms with van der Waals surface area (Å²) in [6.07, 6.45) is 62.6. The van der Waals surface area contributed by atoms with Crippen molar-refractivity contribution in [2.75, 3.05) is 19.6 Å². The molecule has 0 saturated heterocycles. The lowest BCUT2D eigenvalue weighted by Gasteiger charge is -2.29. The summed E-state index contributed by atoms with van der Waals surface area (Å²) in [5.41, 5.74) is 0. The maximum absolute atomic E-state index is 2.79. The molecule has 1 atom stereocenters. The third-order valence-corrected chi connectivity index (χ3v) is 12.5. The van der Waals surface area contributed by atoms with E-state index in [0.29, 0.717) is 0 Å². The zero-order chi connectivity index (χ0) is 37.5. The number of hydrogen-bond donors (Lipinski definition) is 0. The number of quaternary nitrogens is 1. The Labute approximate surface area is 330 Å². The normalized spacial score (nSPS) is 15.8. The largest absolute Gasteiger partial charge is 0.348 e. The van der Waals surface area contributed by atoms with Gasteiger partial charge in [0.15, 0.2) is 12.7 Å². The summed E-state index contributed by atoms with van der Waals surface area (Å²) in [4.78, 5) is 0. The maximum Gasteiger partial charge on any atom is 0.348 e. The van der Waals surface area contributed by atoms with Gasteiger partial charge in [-0.15, -0.1) is 0 Å². The van der Waals surface area contributed by atoms with E-state index in [2.05, 4.69) is 44.7 Å². The highest BCUT2D eigenvalue weighted by Crippen LogP contribution is 2.26. The van der Waals surface area contributed by atoms with Crippen molar-refractivity contribution in [3.05, 3.63) is 12.4 Å². The second kappa shape index (κ2) is 38.6. The third-order valence-electron chi connectivity index (χ3n) is 12.5. The fourth-order valence-electron chi connectivity index (χ4n) is 8.85. The van der Waals surface area contributed by atoms with E-state index in [1.54, 1.807) is 5.84 Å². The van der Waals surface area contributed by atoms with Crippen molar-refractivity contribution >= 4 is 5.84 Å². The first-order chi connectivity index (χ1) is 25.7. The highest BCUT2D eigenvalue weighted by atomic mass is 15.4. The maximum atomic E-state index is 2.79. The van der Waals surface area contributed by atoms with E-state index < -0.39 is 0 Å². The van der Waals surface area contributed by atoms with Crippen LogP contribution in [-0.2, 0) is 0 Å². The van der Waals surface area contributed by atoms with Gasteiger partial charge in [-0.1, -0.05) is 233 Å². The predicted octanol–water partition coefficient (Wildman–Crippen LogP) is 17.4. The Balaban J connectivity index is 2.73. The van der Waals surface area contributed by atoms with Gasteiger partial charge in [-0.3, -0.25) is 0 Å². The molecule has 2 heteroatoms. The molecule has 52 heavy (non-hydrogen) atoms. The smallest absolute Gasteiger partial charge is 0.209 e. The van der Waals surface area contributed by atoms with Crippen molar-refractivity contribution in [2.24, 2.45) is 0 Å². The Morgan fingerprint density at radius 2 is 0.596 bits per heavy atom. The molecule has 0 spiro atoms. The standard InChI is InChI=1S/C50H100N2/c1-5-9-13-17-21-25-27-29-31-35-39-43-48-52(47-42-38-34-30-28-26-22-18-14-10-6-2)49-46-51(45-41-37-33-24-20-16-12-8-4)50(52)44-40-36-32-23-19-15-11-7-3/h46,49H,5-45,47-48H2,1-4H3/q+2. The molecule has 1 unspecified atom stereocenters. The Hall–Kier alpha value is -0.630. The summed E-state index contributed by atoms with van der Waals surface area (Å²) in [7, 11) is 0. The molecule has 0 fully saturated rings. The average Bonchev–Trinajstić information content (AvgIpc) is 3.49. The van der Waals surface area contributed by atoms with Gasteiger partial charge in [-0.05, 0) is 38.5 Å². The Morgan fingerprint density at radius 3 is 0.923 bits per heavy atom. The summed E-state index contributed by atoms with van der Waals surface area (Å²) < 4.78 is 4.00. The molecule has 0 bridgehead atoms. The van der Waals surface area contributed by atoms with Gasteiger partial charge in [-0.25, -0.2) is 4.48 Å². The molecule has 1 aliphatic rings. The van der Waals surface area contributed by atoms with Crippen LogP contribution in [0.2, 0.25) is 0 Å². The average molecular weight is 729 g/mol. The molecule has 1 heterocycles. The molecule has 0 aliphatic carbocycles. The molecular formula is C50H100N2+2. The molecule has 0 saturated carbocycles. The minimum Gasteiger partial charge on any atom is -0.209 e. The van der Waals surface area contributed by atoms with Gasteiger partial charge in [0.1, 0.15) is 0 Å². The lowest BCUT2D eigenvalue weighted by Crippen LogP contribution is -2.50. The van der Waals surface area contributed by atoms with Crippen LogP contribution in [0.5, 0.6) is 0 Å². The van der Waals surface area contributed by atoms with Crippen molar-refractivity contribution in [3.63, 3.8) is 0 Å². The molecule has 0 aromatic carbocycles. The lowest BCUT2D eigenvalue weighted by molar-refractivity contribution is -0.801. The van der Waals surface area contributed by atoms with Crippen LogP contribution in [0.1, 0.15) is 285 Å². The van der Waals surface area contributed by atoms with Crippen molar-refractivity contribution in [3.8, 4) is 0 Å². The zero-order valence-corrected chi connectivity index (χ0v) is 37.0. The first-order valence-electron chi connectivity index (χ1n) is 24.9. The number of hydrogen-bond acceptors (Lipinski definition) is 0. The first kappa shape index (κ1) is 49.4. The number of unbranched alkanes of at least 4 members (excludes halogenated alkanes) is 35. The molecule has 0 amide bonds. The van der Waals surface area contributed by atoms with Gasteiger partial charge in [-0.2, -0.15) is 4.58 Å². The van der Waals surface area contributed by atoms with Crippen LogP contribution in [-0.4, -0.2) is 34.5 Å². The highest BCUT2D eigenvalue weighted by molar-refractivity contribution is 5.72. The van der Waals surface area contributed by atoms with Crippen LogP contribution < -0.4 is 0 Å². The van der Waals surface area contributed by atoms with Crippen LogP contribution >= 0.6 is 0 Å². The fraction of sp³-hybridized carbons (Fsp3) is 0.940. The van der Waals surface area contributed by atoms with Crippen LogP contribution in [0.4, 0.5) is 0 Å². The second-order valence-electron chi connectivity index (χ2n) is 17.5.